The molecule has 80 valence electrons. The quantitative estimate of drug-likeness (QED) is 0.670. The first-order chi connectivity index (χ1) is 7.93. The molecule has 1 aliphatic heterocycles. The van der Waals surface area contributed by atoms with Crippen LogP contribution in [0.5, 0.6) is 0 Å². The van der Waals surface area contributed by atoms with Gasteiger partial charge in [-0.2, -0.15) is 0 Å². The number of fused-ring (bicyclic) bond motifs is 1. The van der Waals surface area contributed by atoms with E-state index >= 15 is 0 Å². The number of oxazole rings is 1. The molecule has 0 aromatic carbocycles. The lowest BCUT2D eigenvalue weighted by Crippen LogP contribution is -1.91. The Hall–Kier alpha value is -2.03. The molecule has 0 radical (unpaired) electrons. The zero-order chi connectivity index (χ0) is 10.8. The van der Waals surface area contributed by atoms with Crippen LogP contribution in [-0.2, 0) is 12.8 Å². The van der Waals surface area contributed by atoms with Crippen LogP contribution < -0.4 is 0 Å². The largest absolute Gasteiger partial charge is 0.472 e. The number of hydrogen-bond acceptors (Lipinski definition) is 3. The summed E-state index contributed by atoms with van der Waals surface area (Å²) in [6.07, 6.45) is 8.53. The first kappa shape index (κ1) is 9.21. The summed E-state index contributed by atoms with van der Waals surface area (Å²) in [7, 11) is 0. The van der Waals surface area contributed by atoms with Gasteiger partial charge < -0.3 is 8.83 Å². The van der Waals surface area contributed by atoms with Crippen molar-refractivity contribution in [2.45, 2.75) is 12.8 Å². The summed E-state index contributed by atoms with van der Waals surface area (Å²) in [4.78, 5) is 4.11. The van der Waals surface area contributed by atoms with Crippen molar-refractivity contribution >= 4 is 0 Å². The lowest BCUT2D eigenvalue weighted by atomic mass is 10.1. The summed E-state index contributed by atoms with van der Waals surface area (Å²) in [5.41, 5.74) is 3.70. The molecular formula is C13H11NO2. The average molecular weight is 213 g/mol. The third kappa shape index (κ3) is 1.60. The number of aromatic nitrogens is 1. The van der Waals surface area contributed by atoms with Crippen molar-refractivity contribution in [3.63, 3.8) is 0 Å². The van der Waals surface area contributed by atoms with Gasteiger partial charge in [-0.25, -0.2) is 4.98 Å². The third-order valence-electron chi connectivity index (χ3n) is 2.72. The van der Waals surface area contributed by atoms with Crippen LogP contribution >= 0.6 is 0 Å². The molecule has 0 saturated heterocycles. The number of aryl methyl sites for hydroxylation is 2. The van der Waals surface area contributed by atoms with Gasteiger partial charge in [0, 0.05) is 12.0 Å². The maximum absolute atomic E-state index is 5.21. The van der Waals surface area contributed by atoms with E-state index in [1.807, 2.05) is 6.07 Å². The minimum atomic E-state index is 0.787. The Morgan fingerprint density at radius 3 is 2.94 bits per heavy atom. The summed E-state index contributed by atoms with van der Waals surface area (Å²) in [6.45, 7) is 0. The van der Waals surface area contributed by atoms with Gasteiger partial charge in [0.1, 0.15) is 6.26 Å². The molecule has 0 N–H and O–H groups in total. The van der Waals surface area contributed by atoms with Crippen molar-refractivity contribution in [3.8, 4) is 11.1 Å². The van der Waals surface area contributed by atoms with Crippen LogP contribution in [0.15, 0.2) is 52.0 Å². The topological polar surface area (TPSA) is 39.2 Å². The van der Waals surface area contributed by atoms with E-state index < -0.39 is 0 Å². The molecule has 0 atom stereocenters. The maximum Gasteiger partial charge on any atom is 0.194 e. The second-order valence-electron chi connectivity index (χ2n) is 3.71. The summed E-state index contributed by atoms with van der Waals surface area (Å²) in [6, 6.07) is 6.20. The molecule has 16 heavy (non-hydrogen) atoms. The van der Waals surface area contributed by atoms with Crippen molar-refractivity contribution < 1.29 is 8.83 Å². The van der Waals surface area contributed by atoms with Crippen LogP contribution in [0.25, 0.3) is 11.1 Å². The number of hydrogen-bond donors (Lipinski definition) is 0. The summed E-state index contributed by atoms with van der Waals surface area (Å²) in [5.74, 6) is 0.787. The zero-order valence-electron chi connectivity index (χ0n) is 8.72. The van der Waals surface area contributed by atoms with Crippen LogP contribution in [0.3, 0.4) is 0 Å². The Morgan fingerprint density at radius 2 is 2.06 bits per heavy atom. The molecule has 1 aromatic heterocycles. The van der Waals surface area contributed by atoms with Gasteiger partial charge in [0.15, 0.2) is 5.89 Å². The molecule has 0 saturated carbocycles. The SMILES string of the molecule is c1coc(CCc2ccc3coccc2-3)n1. The van der Waals surface area contributed by atoms with Crippen LogP contribution in [0.2, 0.25) is 0 Å². The Balaban J connectivity index is 1.80. The maximum atomic E-state index is 5.21. The van der Waals surface area contributed by atoms with E-state index in [0.717, 1.165) is 24.3 Å². The first-order valence-corrected chi connectivity index (χ1v) is 5.25. The van der Waals surface area contributed by atoms with Crippen LogP contribution in [-0.4, -0.2) is 4.98 Å². The molecule has 1 aliphatic carbocycles. The molecule has 0 bridgehead atoms. The smallest absolute Gasteiger partial charge is 0.194 e. The zero-order valence-corrected chi connectivity index (χ0v) is 8.72. The fourth-order valence-electron chi connectivity index (χ4n) is 1.92. The van der Waals surface area contributed by atoms with Gasteiger partial charge in [-0.15, -0.1) is 0 Å². The molecule has 3 heteroatoms. The van der Waals surface area contributed by atoms with Gasteiger partial charge in [0.05, 0.1) is 18.7 Å². The van der Waals surface area contributed by atoms with Crippen LogP contribution in [0.4, 0.5) is 0 Å². The molecular weight excluding hydrogens is 202 g/mol. The molecule has 0 unspecified atom stereocenters. The van der Waals surface area contributed by atoms with E-state index in [1.165, 1.54) is 11.1 Å². The van der Waals surface area contributed by atoms with Crippen molar-refractivity contribution in [1.82, 2.24) is 4.98 Å². The lowest BCUT2D eigenvalue weighted by Gasteiger charge is -2.01. The van der Waals surface area contributed by atoms with E-state index in [2.05, 4.69) is 17.1 Å². The Morgan fingerprint density at radius 1 is 1.06 bits per heavy atom. The number of nitrogens with zero attached hydrogens (tertiary/aromatic N) is 1. The molecule has 0 fully saturated rings. The van der Waals surface area contributed by atoms with E-state index in [9.17, 15) is 0 Å². The molecule has 0 spiro atoms. The van der Waals surface area contributed by atoms with E-state index in [4.69, 9.17) is 8.83 Å². The Kier molecular flexibility index (Phi) is 2.22. The summed E-state index contributed by atoms with van der Waals surface area (Å²) < 4.78 is 10.3. The second kappa shape index (κ2) is 3.85. The van der Waals surface area contributed by atoms with Gasteiger partial charge in [0.2, 0.25) is 0 Å². The summed E-state index contributed by atoms with van der Waals surface area (Å²) in [5, 5.41) is 0. The molecule has 2 aliphatic rings. The molecule has 1 aromatic rings. The highest BCUT2D eigenvalue weighted by Crippen LogP contribution is 2.28. The standard InChI is InChI=1S/C13H11NO2/c1-2-11-9-15-7-5-12(11)10(1)3-4-13-14-6-8-16-13/h1-2,5-9H,3-4H2. The predicted molar refractivity (Wildman–Crippen MR) is 59.2 cm³/mol. The van der Waals surface area contributed by atoms with Crippen molar-refractivity contribution in [1.29, 1.82) is 0 Å². The summed E-state index contributed by atoms with van der Waals surface area (Å²) >= 11 is 0. The highest BCUT2D eigenvalue weighted by atomic mass is 16.3. The Bertz CT molecular complexity index is 539. The van der Waals surface area contributed by atoms with E-state index in [1.54, 1.807) is 25.0 Å². The van der Waals surface area contributed by atoms with Gasteiger partial charge in [-0.3, -0.25) is 0 Å². The van der Waals surface area contributed by atoms with Crippen molar-refractivity contribution in [2.24, 2.45) is 0 Å². The highest BCUT2D eigenvalue weighted by Gasteiger charge is 2.09. The average Bonchev–Trinajstić information content (AvgIpc) is 2.96. The van der Waals surface area contributed by atoms with Crippen molar-refractivity contribution in [2.75, 3.05) is 0 Å². The lowest BCUT2D eigenvalue weighted by molar-refractivity contribution is 0.494. The fourth-order valence-corrected chi connectivity index (χ4v) is 1.92. The van der Waals surface area contributed by atoms with E-state index in [0.29, 0.717) is 0 Å². The predicted octanol–water partition coefficient (Wildman–Crippen LogP) is 3.16. The van der Waals surface area contributed by atoms with Gasteiger partial charge in [-0.1, -0.05) is 12.1 Å². The molecule has 3 rings (SSSR count). The first-order valence-electron chi connectivity index (χ1n) is 5.25. The third-order valence-corrected chi connectivity index (χ3v) is 2.72. The molecule has 3 nitrogen and oxygen atoms in total. The van der Waals surface area contributed by atoms with Crippen molar-refractivity contribution in [3.05, 3.63) is 54.6 Å². The molecule has 2 heterocycles. The van der Waals surface area contributed by atoms with Gasteiger partial charge in [-0.05, 0) is 23.6 Å². The van der Waals surface area contributed by atoms with Crippen LogP contribution in [0.1, 0.15) is 11.5 Å². The number of rotatable bonds is 3. The minimum Gasteiger partial charge on any atom is -0.472 e. The molecule has 0 amide bonds. The minimum absolute atomic E-state index is 0.787. The van der Waals surface area contributed by atoms with E-state index in [-0.39, 0.29) is 0 Å². The highest BCUT2D eigenvalue weighted by molar-refractivity contribution is 5.69. The normalized spacial score (nSPS) is 11.0. The van der Waals surface area contributed by atoms with Gasteiger partial charge >= 0.3 is 0 Å². The monoisotopic (exact) mass is 213 g/mol. The Labute approximate surface area is 93.1 Å². The fraction of sp³-hybridized carbons (Fsp3) is 0.154. The van der Waals surface area contributed by atoms with Gasteiger partial charge in [0.25, 0.3) is 0 Å². The second-order valence-corrected chi connectivity index (χ2v) is 3.71. The van der Waals surface area contributed by atoms with Crippen LogP contribution in [0, 0.1) is 0 Å².